The average molecular weight is 848 g/mol. The molecule has 0 unspecified atom stereocenters. The molecular weight excluding hydrogens is 795 g/mol. The van der Waals surface area contributed by atoms with E-state index in [0.29, 0.717) is 23.0 Å². The van der Waals surface area contributed by atoms with E-state index in [2.05, 4.69) is 65.3 Å². The number of halogens is 2. The minimum Gasteiger partial charge on any atom is -0.486 e. The number of aliphatic carboxylic acids is 1. The second-order valence-electron chi connectivity index (χ2n) is 16.5. The zero-order valence-corrected chi connectivity index (χ0v) is 36.1. The summed E-state index contributed by atoms with van der Waals surface area (Å²) in [6.45, 7) is 7.50. The third-order valence-corrected chi connectivity index (χ3v) is 13.4. The minimum atomic E-state index is -1.06. The van der Waals surface area contributed by atoms with Gasteiger partial charge in [-0.05, 0) is 127 Å². The molecule has 0 saturated heterocycles. The molecule has 0 radical (unpaired) electrons. The molecule has 0 spiro atoms. The van der Waals surface area contributed by atoms with Crippen LogP contribution in [0, 0.1) is 13.8 Å². The van der Waals surface area contributed by atoms with Crippen LogP contribution in [-0.4, -0.2) is 58.6 Å². The van der Waals surface area contributed by atoms with Gasteiger partial charge in [0.1, 0.15) is 29.7 Å². The minimum absolute atomic E-state index is 0.157. The Bertz CT molecular complexity index is 2370. The lowest BCUT2D eigenvalue weighted by Gasteiger charge is -2.45. The van der Waals surface area contributed by atoms with Crippen LogP contribution in [0.3, 0.4) is 0 Å². The highest BCUT2D eigenvalue weighted by Crippen LogP contribution is 2.42. The summed E-state index contributed by atoms with van der Waals surface area (Å²) in [5.74, 6) is 0.303. The molecule has 3 aliphatic rings. The number of hydrogen-bond donors (Lipinski definition) is 2. The number of nitrogens with zero attached hydrogens (tertiary/aromatic N) is 3. The number of pyridine rings is 1. The van der Waals surface area contributed by atoms with Crippen molar-refractivity contribution in [3.05, 3.63) is 140 Å². The van der Waals surface area contributed by atoms with Crippen LogP contribution in [0.15, 0.2) is 91.1 Å². The van der Waals surface area contributed by atoms with Crippen molar-refractivity contribution in [1.82, 2.24) is 15.2 Å². The van der Waals surface area contributed by atoms with E-state index in [-0.39, 0.29) is 30.6 Å². The Balaban J connectivity index is 0.969. The van der Waals surface area contributed by atoms with Crippen LogP contribution in [0.1, 0.15) is 90.3 Å². The summed E-state index contributed by atoms with van der Waals surface area (Å²) in [6.07, 6.45) is 6.88. The number of carbonyl (C=O) groups is 2. The van der Waals surface area contributed by atoms with Crippen molar-refractivity contribution in [3.63, 3.8) is 0 Å². The van der Waals surface area contributed by atoms with Crippen LogP contribution >= 0.6 is 23.2 Å². The van der Waals surface area contributed by atoms with Crippen LogP contribution in [0.5, 0.6) is 11.5 Å². The van der Waals surface area contributed by atoms with Gasteiger partial charge in [-0.15, -0.1) is 0 Å². The van der Waals surface area contributed by atoms with E-state index < -0.39 is 18.1 Å². The quantitative estimate of drug-likeness (QED) is 0.128. The highest BCUT2D eigenvalue weighted by molar-refractivity contribution is 6.42. The molecule has 8 rings (SSSR count). The number of aryl methyl sites for hydroxylation is 1. The van der Waals surface area contributed by atoms with Crippen LogP contribution < -0.4 is 19.7 Å². The summed E-state index contributed by atoms with van der Waals surface area (Å²) in [5.41, 5.74) is 10.3. The number of carboxylic acid groups (broad SMARTS) is 1. The fourth-order valence-corrected chi connectivity index (χ4v) is 9.05. The van der Waals surface area contributed by atoms with E-state index in [1.54, 1.807) is 12.3 Å². The van der Waals surface area contributed by atoms with Gasteiger partial charge in [0.2, 0.25) is 5.91 Å². The molecule has 0 bridgehead atoms. The molecule has 3 heterocycles. The van der Waals surface area contributed by atoms with E-state index in [0.717, 1.165) is 106 Å². The van der Waals surface area contributed by atoms with Crippen molar-refractivity contribution in [1.29, 1.82) is 0 Å². The highest BCUT2D eigenvalue weighted by atomic mass is 35.5. The van der Waals surface area contributed by atoms with Gasteiger partial charge in [-0.1, -0.05) is 79.0 Å². The smallest absolute Gasteiger partial charge is 0.326 e. The molecule has 9 nitrogen and oxygen atoms in total. The summed E-state index contributed by atoms with van der Waals surface area (Å²) < 4.78 is 13.2. The Hall–Kier alpha value is -5.09. The van der Waals surface area contributed by atoms with Crippen LogP contribution in [0.2, 0.25) is 10.0 Å². The first kappa shape index (κ1) is 41.6. The number of fused-ring (bicyclic) bond motifs is 2. The van der Waals surface area contributed by atoms with Crippen LogP contribution in [-0.2, 0) is 29.0 Å². The summed E-state index contributed by atoms with van der Waals surface area (Å²) in [5, 5.41) is 14.3. The van der Waals surface area contributed by atoms with Gasteiger partial charge in [0.25, 0.3) is 0 Å². The first-order valence-electron chi connectivity index (χ1n) is 21.0. The predicted octanol–water partition coefficient (Wildman–Crippen LogP) is 10.3. The molecule has 5 aromatic rings. The molecule has 2 N–H and O–H groups in total. The molecule has 11 heteroatoms. The number of ether oxygens (including phenoxy) is 2. The summed E-state index contributed by atoms with van der Waals surface area (Å²) >= 11 is 12.5. The third-order valence-electron chi connectivity index (χ3n) is 12.7. The van der Waals surface area contributed by atoms with Gasteiger partial charge < -0.3 is 24.8 Å². The summed E-state index contributed by atoms with van der Waals surface area (Å²) in [7, 11) is 2.08. The molecule has 1 saturated carbocycles. The van der Waals surface area contributed by atoms with Gasteiger partial charge in [0.15, 0.2) is 0 Å². The fraction of sp³-hybridized carbons (Fsp3) is 0.367. The number of amides is 1. The largest absolute Gasteiger partial charge is 0.486 e. The lowest BCUT2D eigenvalue weighted by atomic mass is 9.85. The number of benzene rings is 4. The first-order chi connectivity index (χ1) is 28.9. The molecule has 312 valence electrons. The maximum Gasteiger partial charge on any atom is 0.326 e. The SMILES string of the molecule is CC[C@@H](Oc1ccc([C@H]2CCN(C)c3cc4c(cc3O2)CN(C2CCC2)[C@H](C(=O)N[C@@H](Cc2ccc(-c3ccnc(C)c3C)cc2)C(=O)O)C4)cc1)c1ccc(Cl)c(Cl)c1. The van der Waals surface area contributed by atoms with E-state index in [9.17, 15) is 14.7 Å². The average Bonchev–Trinajstić information content (AvgIpc) is 3.38. The van der Waals surface area contributed by atoms with Crippen LogP contribution in [0.4, 0.5) is 5.69 Å². The number of rotatable bonds is 12. The molecule has 4 aromatic carbocycles. The molecule has 4 atom stereocenters. The van der Waals surface area contributed by atoms with Crippen molar-refractivity contribution >= 4 is 40.8 Å². The topological polar surface area (TPSA) is 104 Å². The number of nitrogens with one attached hydrogen (secondary N) is 1. The van der Waals surface area contributed by atoms with Crippen molar-refractivity contribution in [2.24, 2.45) is 0 Å². The van der Waals surface area contributed by atoms with Crippen molar-refractivity contribution in [2.45, 2.75) is 103 Å². The Morgan fingerprint density at radius 2 is 1.72 bits per heavy atom. The Morgan fingerprint density at radius 3 is 2.40 bits per heavy atom. The fourth-order valence-electron chi connectivity index (χ4n) is 8.74. The van der Waals surface area contributed by atoms with Crippen molar-refractivity contribution < 1.29 is 24.2 Å². The predicted molar refractivity (Wildman–Crippen MR) is 237 cm³/mol. The number of carboxylic acids is 1. The van der Waals surface area contributed by atoms with Gasteiger partial charge in [-0.3, -0.25) is 14.7 Å². The molecule has 1 aliphatic carbocycles. The molecule has 1 fully saturated rings. The molecule has 1 amide bonds. The van der Waals surface area contributed by atoms with Gasteiger partial charge in [-0.2, -0.15) is 0 Å². The summed E-state index contributed by atoms with van der Waals surface area (Å²) in [6, 6.07) is 26.8. The Labute approximate surface area is 362 Å². The standard InChI is InChI=1S/C49H52Cl2N4O5/c1-5-45(34-15-18-40(50)41(51)24-34)59-38-16-13-33(14-17-38)46-20-22-54(4)43-25-35-26-44(55(37-7-6-8-37)28-36(35)27-47(43)60-46)48(56)53-42(49(57)58)23-31-9-11-32(12-10-31)39-19-21-52-30(3)29(39)2/h9-19,21,24-25,27,37,42,44-46H,5-8,20,22-23,26,28H2,1-4H3,(H,53,56)(H,57,58)/t42-,44-,45+,46+/m0/s1. The van der Waals surface area contributed by atoms with Gasteiger partial charge >= 0.3 is 5.97 Å². The Kier molecular flexibility index (Phi) is 12.4. The number of aromatic nitrogens is 1. The lowest BCUT2D eigenvalue weighted by molar-refractivity contribution is -0.143. The number of hydrogen-bond acceptors (Lipinski definition) is 7. The zero-order valence-electron chi connectivity index (χ0n) is 34.6. The monoisotopic (exact) mass is 846 g/mol. The second kappa shape index (κ2) is 17.9. The molecule has 1 aromatic heterocycles. The van der Waals surface area contributed by atoms with E-state index in [4.69, 9.17) is 32.7 Å². The number of carbonyl (C=O) groups excluding carboxylic acids is 1. The summed E-state index contributed by atoms with van der Waals surface area (Å²) in [4.78, 5) is 35.7. The van der Waals surface area contributed by atoms with Gasteiger partial charge in [0.05, 0.1) is 21.8 Å². The third kappa shape index (κ3) is 8.85. The van der Waals surface area contributed by atoms with Crippen molar-refractivity contribution in [2.75, 3.05) is 18.5 Å². The molecule has 2 aliphatic heterocycles. The zero-order chi connectivity index (χ0) is 42.1. The molecule has 60 heavy (non-hydrogen) atoms. The van der Waals surface area contributed by atoms with Crippen molar-refractivity contribution in [3.8, 4) is 22.6 Å². The maximum absolute atomic E-state index is 14.2. The van der Waals surface area contributed by atoms with Crippen LogP contribution in [0.25, 0.3) is 11.1 Å². The van der Waals surface area contributed by atoms with Gasteiger partial charge in [-0.25, -0.2) is 4.79 Å². The highest BCUT2D eigenvalue weighted by Gasteiger charge is 2.40. The maximum atomic E-state index is 14.2. The first-order valence-corrected chi connectivity index (χ1v) is 21.8. The van der Waals surface area contributed by atoms with Gasteiger partial charge in [0, 0.05) is 50.9 Å². The van der Waals surface area contributed by atoms with E-state index in [1.807, 2.05) is 61.5 Å². The molecular formula is C49H52Cl2N4O5. The normalized spacial score (nSPS) is 18.9. The number of anilines is 1. The Morgan fingerprint density at radius 1 is 0.950 bits per heavy atom. The van der Waals surface area contributed by atoms with E-state index in [1.165, 1.54) is 0 Å². The van der Waals surface area contributed by atoms with E-state index >= 15 is 0 Å². The lowest BCUT2D eigenvalue weighted by Crippen LogP contribution is -2.58. The second-order valence-corrected chi connectivity index (χ2v) is 17.3.